The number of nitrogens with zero attached hydrogens (tertiary/aromatic N) is 3. The lowest BCUT2D eigenvalue weighted by molar-refractivity contribution is -0.346. The molecule has 2 saturated carbocycles. The highest BCUT2D eigenvalue weighted by Gasteiger charge is 2.78. The first-order valence-electron chi connectivity index (χ1n) is 29.4. The molecule has 476 valence electrons. The van der Waals surface area contributed by atoms with Crippen LogP contribution in [0.4, 0.5) is 0 Å². The van der Waals surface area contributed by atoms with Gasteiger partial charge >= 0.3 is 29.8 Å². The van der Waals surface area contributed by atoms with Crippen molar-refractivity contribution in [2.24, 2.45) is 16.7 Å². The van der Waals surface area contributed by atoms with Crippen molar-refractivity contribution in [2.45, 2.75) is 172 Å². The number of carbonyl (C=O) groups excluding carboxylic acids is 8. The fourth-order valence-corrected chi connectivity index (χ4v) is 13.4. The fourth-order valence-electron chi connectivity index (χ4n) is 13.4. The van der Waals surface area contributed by atoms with Crippen LogP contribution in [-0.4, -0.2) is 175 Å². The number of aliphatic hydroxyl groups is 4. The van der Waals surface area contributed by atoms with Crippen molar-refractivity contribution in [3.05, 3.63) is 143 Å². The van der Waals surface area contributed by atoms with Gasteiger partial charge in [-0.05, 0) is 67.7 Å². The first kappa shape index (κ1) is 65.4. The summed E-state index contributed by atoms with van der Waals surface area (Å²) in [5, 5.41) is 62.2. The van der Waals surface area contributed by atoms with Crippen molar-refractivity contribution in [3.8, 4) is 0 Å². The molecule has 4 fully saturated rings. The lowest BCUT2D eigenvalue weighted by Gasteiger charge is -2.67. The number of nitrogens with one attached hydrogen (secondary N) is 2. The van der Waals surface area contributed by atoms with Crippen molar-refractivity contribution in [2.75, 3.05) is 13.2 Å². The van der Waals surface area contributed by atoms with Gasteiger partial charge in [0.2, 0.25) is 12.0 Å². The molecule has 25 nitrogen and oxygen atoms in total. The van der Waals surface area contributed by atoms with Gasteiger partial charge in [0.15, 0.2) is 23.8 Å². The minimum Gasteiger partial charge on any atom is -0.455 e. The quantitative estimate of drug-likeness (QED) is 0.0397. The summed E-state index contributed by atoms with van der Waals surface area (Å²) >= 11 is 0. The Kier molecular flexibility index (Phi) is 19.5. The highest BCUT2D eigenvalue weighted by atomic mass is 16.7. The molecule has 2 amide bonds. The molecule has 1 aromatic heterocycles. The molecule has 0 spiro atoms. The maximum Gasteiger partial charge on any atom is 0.350 e. The molecule has 0 unspecified atom stereocenters. The predicted octanol–water partition coefficient (Wildman–Crippen LogP) is 3.06. The number of carbonyl (C=O) groups is 8. The monoisotopic (exact) mass is 1230 g/mol. The van der Waals surface area contributed by atoms with Crippen LogP contribution in [0.2, 0.25) is 0 Å². The van der Waals surface area contributed by atoms with Gasteiger partial charge in [-0.25, -0.2) is 14.3 Å². The molecule has 9 rings (SSSR count). The molecule has 3 aliphatic carbocycles. The Labute approximate surface area is 513 Å². The van der Waals surface area contributed by atoms with Gasteiger partial charge in [0.05, 0.1) is 48.5 Å². The van der Waals surface area contributed by atoms with Gasteiger partial charge in [0.25, 0.3) is 5.91 Å². The number of hydrogen-bond acceptors (Lipinski definition) is 22. The van der Waals surface area contributed by atoms with Crippen molar-refractivity contribution >= 4 is 47.4 Å². The van der Waals surface area contributed by atoms with Crippen molar-refractivity contribution in [3.63, 3.8) is 0 Å². The number of rotatable bonds is 21. The SMILES string of the molecule is C=CCO[C@@H]1O[C@H](Cn2cc(CCCC(=O)O[C@@H](C(=O)O[C@H]3C[C@@]4(O)[C@@H](OC(=O)c5ccccc5)[C@@H]5[C@]6(OC(C)=O)CO[C@@H]6C[C@H](O)[C@@]5(C)C(=O)[C@H](OC(C)=O)C(=C3C)C4(C)C)[C@@H](NC(=O)c3ccccc3)c3ccccc3)nn2)[C@H](O)[C@H](O)[C@H]1NC(C)=O. The molecule has 89 heavy (non-hydrogen) atoms. The van der Waals surface area contributed by atoms with Crippen molar-refractivity contribution in [1.82, 2.24) is 25.6 Å². The van der Waals surface area contributed by atoms with Gasteiger partial charge in [-0.15, -0.1) is 11.7 Å². The van der Waals surface area contributed by atoms with Gasteiger partial charge in [-0.2, -0.15) is 0 Å². The van der Waals surface area contributed by atoms with E-state index in [1.165, 1.54) is 75.8 Å². The van der Waals surface area contributed by atoms with E-state index >= 15 is 9.59 Å². The van der Waals surface area contributed by atoms with E-state index in [9.17, 15) is 49.2 Å². The van der Waals surface area contributed by atoms with Crippen LogP contribution in [0.1, 0.15) is 112 Å². The average Bonchev–Trinajstić information content (AvgIpc) is 0.813. The number of ether oxygens (including phenoxy) is 8. The zero-order chi connectivity index (χ0) is 64.3. The maximum atomic E-state index is 15.9. The third-order valence-corrected chi connectivity index (χ3v) is 17.9. The maximum absolute atomic E-state index is 15.9. The summed E-state index contributed by atoms with van der Waals surface area (Å²) in [5.74, 6) is -8.71. The Morgan fingerprint density at radius 1 is 0.865 bits per heavy atom. The summed E-state index contributed by atoms with van der Waals surface area (Å²) in [6.45, 7) is 12.5. The van der Waals surface area contributed by atoms with Gasteiger partial charge < -0.3 is 69.0 Å². The number of fused-ring (bicyclic) bond motifs is 5. The van der Waals surface area contributed by atoms with Crippen LogP contribution in [-0.2, 0) is 79.6 Å². The van der Waals surface area contributed by atoms with E-state index in [4.69, 9.17) is 37.9 Å². The largest absolute Gasteiger partial charge is 0.455 e. The standard InChI is InChI=1S/C64H75N5O20/c1-9-28-82-60-49(65-35(3)70)51(76)50(75)43(86-60)32-69-31-41(67-68-69)26-19-27-46(74)87-53(48(38-20-13-10-14-21-38)66-57(78)39-22-15-11-16-23-39)59(80)85-42-30-64(81)56(88-58(79)40-24-17-12-18-25-40)54-62(8,44(73)29-45-63(54,33-83-45)89-37(5)72)55(77)52(84-36(4)71)47(34(42)2)61(64,6)7/h9-18,20-25,31,42-45,48-54,56,60,73,75-76,81H,1,19,26-30,32-33H2,2-8H3,(H,65,70)(H,66,78)/t42-,43+,44-,45+,48-,49+,50-,51+,52+,53+,54-,56-,60+,62+,63-,64+/m0/s1. The first-order chi connectivity index (χ1) is 42.2. The second-order valence-electron chi connectivity index (χ2n) is 24.0. The normalized spacial score (nSPS) is 30.8. The number of Topliss-reactive ketones (excluding diaryl/α,β-unsaturated/α-hetero) is 1. The zero-order valence-corrected chi connectivity index (χ0v) is 50.3. The highest BCUT2D eigenvalue weighted by molar-refractivity contribution is 5.96. The smallest absolute Gasteiger partial charge is 0.350 e. The molecular formula is C64H75N5O20. The molecule has 6 N–H and O–H groups in total. The number of aliphatic hydroxyl groups excluding tert-OH is 3. The molecule has 16 atom stereocenters. The number of benzene rings is 3. The van der Waals surface area contributed by atoms with Gasteiger partial charge in [0.1, 0.15) is 54.3 Å². The van der Waals surface area contributed by atoms with E-state index < -0.39 is 155 Å². The molecule has 3 aromatic carbocycles. The third kappa shape index (κ3) is 12.9. The number of aryl methyl sites for hydroxylation is 1. The Morgan fingerprint density at radius 2 is 1.52 bits per heavy atom. The second kappa shape index (κ2) is 26.6. The molecule has 2 saturated heterocycles. The number of amides is 2. The highest BCUT2D eigenvalue weighted by Crippen LogP contribution is 2.64. The summed E-state index contributed by atoms with van der Waals surface area (Å²) < 4.78 is 50.2. The van der Waals surface area contributed by atoms with E-state index in [0.29, 0.717) is 5.69 Å². The Bertz CT molecular complexity index is 3340. The average molecular weight is 1230 g/mol. The first-order valence-corrected chi connectivity index (χ1v) is 29.4. The third-order valence-electron chi connectivity index (χ3n) is 17.9. The van der Waals surface area contributed by atoms with Crippen LogP contribution in [0.5, 0.6) is 0 Å². The number of esters is 5. The molecule has 3 heterocycles. The van der Waals surface area contributed by atoms with E-state index in [-0.39, 0.29) is 73.3 Å². The predicted molar refractivity (Wildman–Crippen MR) is 309 cm³/mol. The van der Waals surface area contributed by atoms with Gasteiger partial charge in [-0.1, -0.05) is 91.9 Å². The lowest BCUT2D eigenvalue weighted by atomic mass is 9.44. The minimum atomic E-state index is -2.52. The zero-order valence-electron chi connectivity index (χ0n) is 50.3. The van der Waals surface area contributed by atoms with Crippen molar-refractivity contribution < 1.29 is 96.7 Å². The molecule has 0 radical (unpaired) electrons. The topological polar surface area (TPSA) is 346 Å². The number of hydrogen-bond donors (Lipinski definition) is 6. The Balaban J connectivity index is 1.06. The summed E-state index contributed by atoms with van der Waals surface area (Å²) in [6, 6.07) is 21.3. The van der Waals surface area contributed by atoms with E-state index in [1.54, 1.807) is 66.7 Å². The molecule has 5 aliphatic rings. The summed E-state index contributed by atoms with van der Waals surface area (Å²) in [5.41, 5.74) is -7.44. The van der Waals surface area contributed by atoms with Crippen molar-refractivity contribution in [1.29, 1.82) is 0 Å². The summed E-state index contributed by atoms with van der Waals surface area (Å²) in [6.07, 6.45) is -13.6. The Morgan fingerprint density at radius 3 is 2.12 bits per heavy atom. The van der Waals surface area contributed by atoms with Gasteiger partial charge in [-0.3, -0.25) is 28.8 Å². The van der Waals surface area contributed by atoms with Gasteiger partial charge in [0, 0.05) is 57.2 Å². The Hall–Kier alpha value is -8.04. The summed E-state index contributed by atoms with van der Waals surface area (Å²) in [4.78, 5) is 113. The molecule has 2 aliphatic heterocycles. The van der Waals surface area contributed by atoms with E-state index in [1.807, 2.05) is 0 Å². The van der Waals surface area contributed by atoms with E-state index in [0.717, 1.165) is 13.8 Å². The van der Waals surface area contributed by atoms with Crippen LogP contribution in [0.15, 0.2) is 121 Å². The minimum absolute atomic E-state index is 0.00906. The number of ketones is 1. The molecular weight excluding hydrogens is 1160 g/mol. The molecule has 25 heteroatoms. The van der Waals surface area contributed by atoms with Crippen LogP contribution in [0.3, 0.4) is 0 Å². The number of aromatic nitrogens is 3. The fraction of sp³-hybridized carbons (Fsp3) is 0.500. The van der Waals surface area contributed by atoms with Crippen LogP contribution in [0.25, 0.3) is 0 Å². The summed E-state index contributed by atoms with van der Waals surface area (Å²) in [7, 11) is 0. The second-order valence-corrected chi connectivity index (χ2v) is 24.0. The van der Waals surface area contributed by atoms with Crippen LogP contribution >= 0.6 is 0 Å². The molecule has 4 aromatic rings. The van der Waals surface area contributed by atoms with Crippen LogP contribution < -0.4 is 10.6 Å². The van der Waals surface area contributed by atoms with Crippen LogP contribution in [0, 0.1) is 16.7 Å². The van der Waals surface area contributed by atoms with E-state index in [2.05, 4.69) is 27.5 Å². The lowest BCUT2D eigenvalue weighted by Crippen LogP contribution is -2.82. The molecule has 2 bridgehead atoms.